The van der Waals surface area contributed by atoms with Gasteiger partial charge in [0.25, 0.3) is 0 Å². The van der Waals surface area contributed by atoms with Crippen molar-refractivity contribution in [2.75, 3.05) is 18.6 Å². The molecular weight excluding hydrogens is 398 g/mol. The van der Waals surface area contributed by atoms with Gasteiger partial charge in [-0.15, -0.1) is 0 Å². The number of para-hydroxylation sites is 1. The summed E-state index contributed by atoms with van der Waals surface area (Å²) in [7, 11) is -5.66. The number of ether oxygens (including phenoxy) is 1. The molecule has 152 valence electrons. The van der Waals surface area contributed by atoms with Crippen molar-refractivity contribution in [1.29, 1.82) is 0 Å². The van der Waals surface area contributed by atoms with Crippen molar-refractivity contribution >= 4 is 19.7 Å². The molecule has 0 spiro atoms. The monoisotopic (exact) mass is 423 g/mol. The molecule has 1 heterocycles. The Labute approximate surface area is 166 Å². The zero-order valence-electron chi connectivity index (χ0n) is 16.0. The third-order valence-corrected chi connectivity index (χ3v) is 9.27. The molecule has 3 rings (SSSR count). The molecule has 0 unspecified atom stereocenters. The Balaban J connectivity index is 1.85. The van der Waals surface area contributed by atoms with Gasteiger partial charge in [0, 0.05) is 18.2 Å². The Morgan fingerprint density at radius 3 is 2.39 bits per heavy atom. The van der Waals surface area contributed by atoms with Crippen molar-refractivity contribution in [3.05, 3.63) is 59.7 Å². The molecule has 0 aliphatic carbocycles. The van der Waals surface area contributed by atoms with Crippen LogP contribution in [0.25, 0.3) is 0 Å². The molecule has 2 aromatic rings. The van der Waals surface area contributed by atoms with Crippen molar-refractivity contribution < 1.29 is 21.6 Å². The summed E-state index contributed by atoms with van der Waals surface area (Å²) in [5, 5.41) is 2.12. The SMILES string of the molecule is CCc1ccc(S(=O)(=O)[C@@H]2CS(=O)(=O)C[C@H]2NCc2ccccc2OC)cc1. The molecule has 0 bridgehead atoms. The molecule has 1 fully saturated rings. The van der Waals surface area contributed by atoms with Crippen LogP contribution in [0.4, 0.5) is 0 Å². The summed E-state index contributed by atoms with van der Waals surface area (Å²) in [5.74, 6) is 0.110. The summed E-state index contributed by atoms with van der Waals surface area (Å²) in [5.41, 5.74) is 1.88. The maximum Gasteiger partial charge on any atom is 0.183 e. The molecule has 28 heavy (non-hydrogen) atoms. The summed E-state index contributed by atoms with van der Waals surface area (Å²) < 4.78 is 56.1. The minimum absolute atomic E-state index is 0.163. The lowest BCUT2D eigenvalue weighted by molar-refractivity contribution is 0.406. The maximum absolute atomic E-state index is 13.1. The van der Waals surface area contributed by atoms with E-state index in [1.54, 1.807) is 31.4 Å². The zero-order valence-corrected chi connectivity index (χ0v) is 17.6. The van der Waals surface area contributed by atoms with E-state index < -0.39 is 31.0 Å². The van der Waals surface area contributed by atoms with Gasteiger partial charge < -0.3 is 10.1 Å². The Bertz CT molecular complexity index is 1030. The molecule has 6 nitrogen and oxygen atoms in total. The van der Waals surface area contributed by atoms with E-state index >= 15 is 0 Å². The molecule has 1 N–H and O–H groups in total. The van der Waals surface area contributed by atoms with E-state index in [1.165, 1.54) is 0 Å². The molecule has 2 atom stereocenters. The van der Waals surface area contributed by atoms with E-state index in [4.69, 9.17) is 4.74 Å². The van der Waals surface area contributed by atoms with Gasteiger partial charge in [-0.2, -0.15) is 0 Å². The Morgan fingerprint density at radius 1 is 1.07 bits per heavy atom. The van der Waals surface area contributed by atoms with Crippen molar-refractivity contribution in [2.24, 2.45) is 0 Å². The summed E-state index contributed by atoms with van der Waals surface area (Å²) >= 11 is 0. The highest BCUT2D eigenvalue weighted by molar-refractivity contribution is 7.96. The lowest BCUT2D eigenvalue weighted by Gasteiger charge is -2.21. The van der Waals surface area contributed by atoms with Crippen LogP contribution in [0.1, 0.15) is 18.1 Å². The lowest BCUT2D eigenvalue weighted by Crippen LogP contribution is -2.43. The fourth-order valence-corrected chi connectivity index (χ4v) is 8.21. The average molecular weight is 424 g/mol. The predicted octanol–water partition coefficient (Wildman–Crippen LogP) is 1.99. The van der Waals surface area contributed by atoms with Crippen LogP contribution in [0.3, 0.4) is 0 Å². The number of nitrogens with one attached hydrogen (secondary N) is 1. The molecule has 1 aliphatic heterocycles. The smallest absolute Gasteiger partial charge is 0.183 e. The highest BCUT2D eigenvalue weighted by Crippen LogP contribution is 2.27. The van der Waals surface area contributed by atoms with Crippen molar-refractivity contribution in [1.82, 2.24) is 5.32 Å². The van der Waals surface area contributed by atoms with Gasteiger partial charge in [0.05, 0.1) is 28.8 Å². The number of methoxy groups -OCH3 is 1. The second-order valence-corrected chi connectivity index (χ2v) is 11.3. The summed E-state index contributed by atoms with van der Waals surface area (Å²) in [6.45, 7) is 2.32. The summed E-state index contributed by atoms with van der Waals surface area (Å²) in [4.78, 5) is 0.163. The van der Waals surface area contributed by atoms with Crippen molar-refractivity contribution in [3.63, 3.8) is 0 Å². The van der Waals surface area contributed by atoms with E-state index in [1.807, 2.05) is 31.2 Å². The minimum atomic E-state index is -3.78. The topological polar surface area (TPSA) is 89.5 Å². The molecule has 0 amide bonds. The van der Waals surface area contributed by atoms with Gasteiger partial charge in [0.2, 0.25) is 0 Å². The Morgan fingerprint density at radius 2 is 1.75 bits per heavy atom. The van der Waals surface area contributed by atoms with Gasteiger partial charge in [-0.3, -0.25) is 0 Å². The number of aryl methyl sites for hydroxylation is 1. The predicted molar refractivity (Wildman–Crippen MR) is 109 cm³/mol. The zero-order chi connectivity index (χ0) is 20.4. The molecule has 1 aliphatic rings. The first kappa shape index (κ1) is 20.8. The molecular formula is C20H25NO5S2. The molecule has 0 saturated carbocycles. The second-order valence-electron chi connectivity index (χ2n) is 6.96. The van der Waals surface area contributed by atoms with E-state index in [0.717, 1.165) is 17.5 Å². The van der Waals surface area contributed by atoms with Crippen LogP contribution in [-0.2, 0) is 32.6 Å². The highest BCUT2D eigenvalue weighted by atomic mass is 32.2. The van der Waals surface area contributed by atoms with Crippen LogP contribution in [0.15, 0.2) is 53.4 Å². The van der Waals surface area contributed by atoms with Crippen LogP contribution in [-0.4, -0.2) is 46.7 Å². The van der Waals surface area contributed by atoms with Gasteiger partial charge in [-0.1, -0.05) is 37.3 Å². The first-order chi connectivity index (χ1) is 13.3. The van der Waals surface area contributed by atoms with Crippen LogP contribution in [0.5, 0.6) is 5.75 Å². The third-order valence-electron chi connectivity index (χ3n) is 5.11. The largest absolute Gasteiger partial charge is 0.496 e. The molecule has 2 aromatic carbocycles. The molecule has 0 radical (unpaired) electrons. The van der Waals surface area contributed by atoms with Crippen molar-refractivity contribution in [3.8, 4) is 5.75 Å². The Hall–Kier alpha value is -1.90. The fourth-order valence-electron chi connectivity index (χ4n) is 3.49. The normalized spacial score (nSPS) is 21.5. The lowest BCUT2D eigenvalue weighted by atomic mass is 10.1. The molecule has 0 aromatic heterocycles. The quantitative estimate of drug-likeness (QED) is 0.733. The number of sulfone groups is 2. The average Bonchev–Trinajstić information content (AvgIpc) is 3.02. The Kier molecular flexibility index (Phi) is 6.12. The van der Waals surface area contributed by atoms with E-state index in [0.29, 0.717) is 12.3 Å². The third kappa shape index (κ3) is 4.39. The van der Waals surface area contributed by atoms with Crippen LogP contribution in [0.2, 0.25) is 0 Å². The van der Waals surface area contributed by atoms with Crippen LogP contribution >= 0.6 is 0 Å². The highest BCUT2D eigenvalue weighted by Gasteiger charge is 2.45. The number of hydrogen-bond donors (Lipinski definition) is 1. The maximum atomic E-state index is 13.1. The molecule has 1 saturated heterocycles. The van der Waals surface area contributed by atoms with E-state index in [9.17, 15) is 16.8 Å². The van der Waals surface area contributed by atoms with Gasteiger partial charge in [-0.25, -0.2) is 16.8 Å². The number of benzene rings is 2. The van der Waals surface area contributed by atoms with Crippen LogP contribution in [0, 0.1) is 0 Å². The second kappa shape index (κ2) is 8.23. The van der Waals surface area contributed by atoms with E-state index in [-0.39, 0.29) is 16.4 Å². The molecule has 8 heteroatoms. The first-order valence-corrected chi connectivity index (χ1v) is 12.5. The van der Waals surface area contributed by atoms with Gasteiger partial charge in [0.15, 0.2) is 19.7 Å². The van der Waals surface area contributed by atoms with Gasteiger partial charge >= 0.3 is 0 Å². The fraction of sp³-hybridized carbons (Fsp3) is 0.400. The summed E-state index contributed by atoms with van der Waals surface area (Å²) in [6.07, 6.45) is 0.807. The summed E-state index contributed by atoms with van der Waals surface area (Å²) in [6, 6.07) is 13.4. The van der Waals surface area contributed by atoms with Gasteiger partial charge in [-0.05, 0) is 30.2 Å². The number of hydrogen-bond acceptors (Lipinski definition) is 6. The number of rotatable bonds is 7. The standard InChI is InChI=1S/C20H25NO5S2/c1-3-15-8-10-17(11-9-15)28(24,25)20-14-27(22,23)13-18(20)21-12-16-6-4-5-7-19(16)26-2/h4-11,18,20-21H,3,12-14H2,1-2H3/t18-,20-/m1/s1. The van der Waals surface area contributed by atoms with Gasteiger partial charge in [0.1, 0.15) is 5.75 Å². The minimum Gasteiger partial charge on any atom is -0.496 e. The van der Waals surface area contributed by atoms with E-state index in [2.05, 4.69) is 5.32 Å². The van der Waals surface area contributed by atoms with Crippen LogP contribution < -0.4 is 10.1 Å². The van der Waals surface area contributed by atoms with Crippen molar-refractivity contribution in [2.45, 2.75) is 36.1 Å². The first-order valence-electron chi connectivity index (χ1n) is 9.15.